The van der Waals surface area contributed by atoms with E-state index in [1.807, 2.05) is 0 Å². The van der Waals surface area contributed by atoms with Crippen LogP contribution < -0.4 is 0 Å². The molecule has 7 heteroatoms. The van der Waals surface area contributed by atoms with Gasteiger partial charge in [-0.25, -0.2) is 13.6 Å². The van der Waals surface area contributed by atoms with Crippen molar-refractivity contribution in [2.75, 3.05) is 19.8 Å². The molecule has 0 amide bonds. The van der Waals surface area contributed by atoms with Crippen molar-refractivity contribution in [1.29, 1.82) is 0 Å². The molecule has 0 saturated carbocycles. The molecule has 1 saturated heterocycles. The van der Waals surface area contributed by atoms with Gasteiger partial charge in [-0.1, -0.05) is 0 Å². The van der Waals surface area contributed by atoms with Crippen molar-refractivity contribution >= 4 is 12.1 Å². The van der Waals surface area contributed by atoms with E-state index in [9.17, 15) is 18.4 Å². The largest absolute Gasteiger partial charge is 0.508 e. The van der Waals surface area contributed by atoms with Gasteiger partial charge < -0.3 is 14.2 Å². The van der Waals surface area contributed by atoms with Crippen molar-refractivity contribution in [3.63, 3.8) is 0 Å². The molecule has 0 spiro atoms. The lowest BCUT2D eigenvalue weighted by molar-refractivity contribution is -0.144. The van der Waals surface area contributed by atoms with Crippen LogP contribution in [0, 0.1) is 0 Å². The molecule has 5 nitrogen and oxygen atoms in total. The second-order valence-electron chi connectivity index (χ2n) is 2.14. The molecule has 0 aromatic rings. The lowest BCUT2D eigenvalue weighted by Crippen LogP contribution is -2.07. The maximum Gasteiger partial charge on any atom is 0.508 e. The van der Waals surface area contributed by atoms with Crippen molar-refractivity contribution in [1.82, 2.24) is 0 Å². The molecule has 0 aliphatic carbocycles. The summed E-state index contributed by atoms with van der Waals surface area (Å²) >= 11 is 0. The quantitative estimate of drug-likeness (QED) is 0.638. The number of carbonyl (C=O) groups is 2. The van der Waals surface area contributed by atoms with E-state index in [1.54, 1.807) is 0 Å². The third-order valence-electron chi connectivity index (χ3n) is 0.936. The summed E-state index contributed by atoms with van der Waals surface area (Å²) in [4.78, 5) is 19.6. The minimum Gasteiger partial charge on any atom is -0.460 e. The number of ether oxygens (including phenoxy) is 3. The van der Waals surface area contributed by atoms with E-state index in [1.165, 1.54) is 0 Å². The molecule has 0 N–H and O–H groups in total. The normalized spacial score (nSPS) is 13.9. The van der Waals surface area contributed by atoms with Gasteiger partial charge in [-0.15, -0.1) is 0 Å². The Morgan fingerprint density at radius 1 is 1.50 bits per heavy atom. The fourth-order valence-corrected chi connectivity index (χ4v) is 0.472. The van der Waals surface area contributed by atoms with Crippen LogP contribution in [0.5, 0.6) is 0 Å². The van der Waals surface area contributed by atoms with Crippen molar-refractivity contribution in [2.24, 2.45) is 0 Å². The molecular formula is C7H10F2O5. The summed E-state index contributed by atoms with van der Waals surface area (Å²) in [7, 11) is 0. The monoisotopic (exact) mass is 212 g/mol. The Morgan fingerprint density at radius 3 is 2.14 bits per heavy atom. The highest BCUT2D eigenvalue weighted by molar-refractivity contribution is 5.65. The SMILES string of the molecule is CC(=O)OCC(F)F.O=C1OCCO1. The summed E-state index contributed by atoms with van der Waals surface area (Å²) < 4.78 is 34.7. The van der Waals surface area contributed by atoms with E-state index < -0.39 is 25.2 Å². The highest BCUT2D eigenvalue weighted by Crippen LogP contribution is 1.92. The third kappa shape index (κ3) is 8.69. The molecule has 1 fully saturated rings. The number of halogens is 2. The van der Waals surface area contributed by atoms with E-state index >= 15 is 0 Å². The van der Waals surface area contributed by atoms with E-state index in [4.69, 9.17) is 0 Å². The Labute approximate surface area is 78.9 Å². The summed E-state index contributed by atoms with van der Waals surface area (Å²) in [5.74, 6) is -0.676. The lowest BCUT2D eigenvalue weighted by atomic mass is 10.7. The molecule has 0 aromatic heterocycles. The molecule has 82 valence electrons. The highest BCUT2D eigenvalue weighted by atomic mass is 19.3. The van der Waals surface area contributed by atoms with Crippen LogP contribution in [-0.2, 0) is 19.0 Å². The van der Waals surface area contributed by atoms with Gasteiger partial charge in [0.25, 0.3) is 6.43 Å². The first-order chi connectivity index (χ1) is 6.52. The Balaban J connectivity index is 0.000000249. The number of carbonyl (C=O) groups excluding carboxylic acids is 2. The summed E-state index contributed by atoms with van der Waals surface area (Å²) in [6.07, 6.45) is -3.10. The summed E-state index contributed by atoms with van der Waals surface area (Å²) in [6, 6.07) is 0. The molecule has 1 heterocycles. The van der Waals surface area contributed by atoms with Crippen LogP contribution >= 0.6 is 0 Å². The molecule has 0 bridgehead atoms. The zero-order valence-electron chi connectivity index (χ0n) is 7.50. The summed E-state index contributed by atoms with van der Waals surface area (Å²) in [5, 5.41) is 0. The maximum atomic E-state index is 11.1. The zero-order chi connectivity index (χ0) is 11.0. The van der Waals surface area contributed by atoms with Crippen LogP contribution in [0.4, 0.5) is 13.6 Å². The van der Waals surface area contributed by atoms with Crippen molar-refractivity contribution in [3.05, 3.63) is 0 Å². The van der Waals surface area contributed by atoms with E-state index in [2.05, 4.69) is 14.2 Å². The van der Waals surface area contributed by atoms with Crippen molar-refractivity contribution in [2.45, 2.75) is 13.3 Å². The number of cyclic esters (lactones) is 2. The van der Waals surface area contributed by atoms with E-state index in [0.717, 1.165) is 6.92 Å². The first-order valence-corrected chi connectivity index (χ1v) is 3.73. The maximum absolute atomic E-state index is 11.1. The first kappa shape index (κ1) is 12.6. The molecule has 0 aromatic carbocycles. The molecule has 1 aliphatic heterocycles. The summed E-state index contributed by atoms with van der Waals surface area (Å²) in [5.41, 5.74) is 0. The molecule has 0 unspecified atom stereocenters. The topological polar surface area (TPSA) is 61.8 Å². The van der Waals surface area contributed by atoms with Crippen LogP contribution in [0.3, 0.4) is 0 Å². The van der Waals surface area contributed by atoms with Gasteiger partial charge >= 0.3 is 12.1 Å². The Hall–Kier alpha value is -1.40. The van der Waals surface area contributed by atoms with Gasteiger partial charge in [-0.3, -0.25) is 4.79 Å². The van der Waals surface area contributed by atoms with Crippen LogP contribution in [0.2, 0.25) is 0 Å². The second kappa shape index (κ2) is 7.05. The molecule has 1 rings (SSSR count). The van der Waals surface area contributed by atoms with Gasteiger partial charge in [0.1, 0.15) is 13.2 Å². The van der Waals surface area contributed by atoms with Gasteiger partial charge in [-0.05, 0) is 0 Å². The number of hydrogen-bond acceptors (Lipinski definition) is 5. The van der Waals surface area contributed by atoms with Crippen LogP contribution in [-0.4, -0.2) is 38.4 Å². The summed E-state index contributed by atoms with van der Waals surface area (Å²) in [6.45, 7) is 1.12. The molecule has 14 heavy (non-hydrogen) atoms. The lowest BCUT2D eigenvalue weighted by Gasteiger charge is -1.96. The fourth-order valence-electron chi connectivity index (χ4n) is 0.472. The third-order valence-corrected chi connectivity index (χ3v) is 0.936. The van der Waals surface area contributed by atoms with Crippen LogP contribution in [0.25, 0.3) is 0 Å². The first-order valence-electron chi connectivity index (χ1n) is 3.73. The van der Waals surface area contributed by atoms with Gasteiger partial charge in [-0.2, -0.15) is 0 Å². The van der Waals surface area contributed by atoms with Crippen LogP contribution in [0.15, 0.2) is 0 Å². The molecular weight excluding hydrogens is 202 g/mol. The zero-order valence-corrected chi connectivity index (χ0v) is 7.50. The van der Waals surface area contributed by atoms with Gasteiger partial charge in [0.15, 0.2) is 6.61 Å². The average Bonchev–Trinajstić information content (AvgIpc) is 2.53. The number of alkyl halides is 2. The highest BCUT2D eigenvalue weighted by Gasteiger charge is 2.09. The van der Waals surface area contributed by atoms with Crippen LogP contribution in [0.1, 0.15) is 6.92 Å². The molecule has 0 atom stereocenters. The smallest absolute Gasteiger partial charge is 0.460 e. The second-order valence-corrected chi connectivity index (χ2v) is 2.14. The van der Waals surface area contributed by atoms with Gasteiger partial charge in [0.05, 0.1) is 0 Å². The predicted octanol–water partition coefficient (Wildman–Crippen LogP) is 0.968. The average molecular weight is 212 g/mol. The predicted molar refractivity (Wildman–Crippen MR) is 39.9 cm³/mol. The van der Waals surface area contributed by atoms with E-state index in [0.29, 0.717) is 13.2 Å². The molecule has 1 aliphatic rings. The Bertz CT molecular complexity index is 187. The number of hydrogen-bond donors (Lipinski definition) is 0. The van der Waals surface area contributed by atoms with Gasteiger partial charge in [0.2, 0.25) is 0 Å². The van der Waals surface area contributed by atoms with Crippen molar-refractivity contribution in [3.8, 4) is 0 Å². The minimum atomic E-state index is -2.56. The Kier molecular flexibility index (Phi) is 6.34. The number of esters is 1. The van der Waals surface area contributed by atoms with Crippen molar-refractivity contribution < 1.29 is 32.6 Å². The molecule has 0 radical (unpaired) electrons. The Morgan fingerprint density at radius 2 is 2.00 bits per heavy atom. The number of rotatable bonds is 2. The van der Waals surface area contributed by atoms with Gasteiger partial charge in [0, 0.05) is 6.92 Å². The van der Waals surface area contributed by atoms with E-state index in [-0.39, 0.29) is 0 Å². The fraction of sp³-hybridized carbons (Fsp3) is 0.714. The minimum absolute atomic E-state index is 0.416. The standard InChI is InChI=1S/C4H6F2O2.C3H4O3/c1-3(7)8-2-4(5)6;4-3-5-1-2-6-3/h4H,2H2,1H3;1-2H2.